The lowest BCUT2D eigenvalue weighted by Gasteiger charge is -2.21. The van der Waals surface area contributed by atoms with Gasteiger partial charge in [0.05, 0.1) is 5.69 Å². The van der Waals surface area contributed by atoms with E-state index in [1.165, 1.54) is 12.8 Å². The van der Waals surface area contributed by atoms with Gasteiger partial charge in [0.15, 0.2) is 0 Å². The second kappa shape index (κ2) is 5.91. The van der Waals surface area contributed by atoms with Gasteiger partial charge in [-0.15, -0.1) is 0 Å². The molecule has 1 aromatic heterocycles. The first-order valence-electron chi connectivity index (χ1n) is 5.88. The summed E-state index contributed by atoms with van der Waals surface area (Å²) in [6.07, 6.45) is 4.28. The quantitative estimate of drug-likeness (QED) is 0.756. The zero-order valence-corrected chi connectivity index (χ0v) is 10.2. The maximum absolute atomic E-state index is 3.96. The van der Waals surface area contributed by atoms with Crippen LogP contribution in [0.25, 0.3) is 0 Å². The van der Waals surface area contributed by atoms with Crippen LogP contribution in [0.1, 0.15) is 52.3 Å². The van der Waals surface area contributed by atoms with E-state index in [0.717, 1.165) is 11.6 Å². The summed E-state index contributed by atoms with van der Waals surface area (Å²) in [6, 6.07) is 2.93. The Labute approximate surface area is 92.7 Å². The van der Waals surface area contributed by atoms with E-state index in [-0.39, 0.29) is 0 Å². The fraction of sp³-hybridized carbons (Fsp3) is 0.750. The second-order valence-corrected chi connectivity index (χ2v) is 4.55. The van der Waals surface area contributed by atoms with Crippen LogP contribution in [0.3, 0.4) is 0 Å². The van der Waals surface area contributed by atoms with Crippen LogP contribution in [0.15, 0.2) is 12.3 Å². The van der Waals surface area contributed by atoms with Crippen LogP contribution >= 0.6 is 0 Å². The van der Waals surface area contributed by atoms with Crippen molar-refractivity contribution in [1.29, 1.82) is 0 Å². The number of rotatable bonds is 6. The van der Waals surface area contributed by atoms with Crippen molar-refractivity contribution in [2.45, 2.75) is 52.6 Å². The van der Waals surface area contributed by atoms with Crippen LogP contribution in [0, 0.1) is 5.92 Å². The molecule has 3 nitrogen and oxygen atoms in total. The SMILES string of the molecule is CCC(C)CC(C)NC(C)c1ccn[nH]1. The van der Waals surface area contributed by atoms with Gasteiger partial charge in [0.25, 0.3) is 0 Å². The Morgan fingerprint density at radius 1 is 1.40 bits per heavy atom. The molecule has 86 valence electrons. The van der Waals surface area contributed by atoms with Crippen molar-refractivity contribution >= 4 is 0 Å². The molecule has 0 aliphatic rings. The Morgan fingerprint density at radius 2 is 2.13 bits per heavy atom. The van der Waals surface area contributed by atoms with Gasteiger partial charge in [-0.3, -0.25) is 5.10 Å². The molecule has 1 aromatic rings. The monoisotopic (exact) mass is 209 g/mol. The van der Waals surface area contributed by atoms with Crippen LogP contribution < -0.4 is 5.32 Å². The lowest BCUT2D eigenvalue weighted by molar-refractivity contribution is 0.382. The lowest BCUT2D eigenvalue weighted by Crippen LogP contribution is -2.30. The normalized spacial score (nSPS) is 17.3. The zero-order chi connectivity index (χ0) is 11.3. The molecule has 15 heavy (non-hydrogen) atoms. The third kappa shape index (κ3) is 4.04. The highest BCUT2D eigenvalue weighted by Gasteiger charge is 2.12. The molecular formula is C12H23N3. The lowest BCUT2D eigenvalue weighted by atomic mass is 10.00. The van der Waals surface area contributed by atoms with E-state index in [1.807, 2.05) is 6.07 Å². The number of H-pyrrole nitrogens is 1. The average molecular weight is 209 g/mol. The Kier molecular flexibility index (Phi) is 4.82. The molecule has 2 N–H and O–H groups in total. The topological polar surface area (TPSA) is 40.7 Å². The number of nitrogens with one attached hydrogen (secondary N) is 2. The first kappa shape index (κ1) is 12.2. The van der Waals surface area contributed by atoms with Crippen molar-refractivity contribution in [3.05, 3.63) is 18.0 Å². The third-order valence-electron chi connectivity index (χ3n) is 2.98. The van der Waals surface area contributed by atoms with Crippen LogP contribution in [0.4, 0.5) is 0 Å². The number of nitrogens with zero attached hydrogens (tertiary/aromatic N) is 1. The van der Waals surface area contributed by atoms with E-state index in [0.29, 0.717) is 12.1 Å². The predicted molar refractivity (Wildman–Crippen MR) is 63.7 cm³/mol. The molecule has 3 atom stereocenters. The molecule has 0 aliphatic heterocycles. The first-order chi connectivity index (χ1) is 7.13. The van der Waals surface area contributed by atoms with Gasteiger partial charge in [-0.25, -0.2) is 0 Å². The Morgan fingerprint density at radius 3 is 2.67 bits per heavy atom. The van der Waals surface area contributed by atoms with Crippen molar-refractivity contribution in [2.24, 2.45) is 5.92 Å². The largest absolute Gasteiger partial charge is 0.306 e. The van der Waals surface area contributed by atoms with E-state index in [2.05, 4.69) is 43.2 Å². The molecule has 3 unspecified atom stereocenters. The van der Waals surface area contributed by atoms with Crippen LogP contribution in [0.5, 0.6) is 0 Å². The highest BCUT2D eigenvalue weighted by molar-refractivity contribution is 5.03. The van der Waals surface area contributed by atoms with Crippen LogP contribution in [-0.4, -0.2) is 16.2 Å². The van der Waals surface area contributed by atoms with E-state index in [4.69, 9.17) is 0 Å². The van der Waals surface area contributed by atoms with Gasteiger partial charge in [0.2, 0.25) is 0 Å². The van der Waals surface area contributed by atoms with Crippen molar-refractivity contribution in [2.75, 3.05) is 0 Å². The van der Waals surface area contributed by atoms with Crippen LogP contribution in [0.2, 0.25) is 0 Å². The van der Waals surface area contributed by atoms with Gasteiger partial charge in [0, 0.05) is 18.3 Å². The highest BCUT2D eigenvalue weighted by Crippen LogP contribution is 2.14. The average Bonchev–Trinajstić information content (AvgIpc) is 2.70. The molecule has 0 spiro atoms. The minimum absolute atomic E-state index is 0.353. The maximum atomic E-state index is 3.96. The van der Waals surface area contributed by atoms with Crippen molar-refractivity contribution in [3.63, 3.8) is 0 Å². The van der Waals surface area contributed by atoms with Crippen LogP contribution in [-0.2, 0) is 0 Å². The minimum atomic E-state index is 0.353. The molecule has 0 aliphatic carbocycles. The summed E-state index contributed by atoms with van der Waals surface area (Å²) in [4.78, 5) is 0. The summed E-state index contributed by atoms with van der Waals surface area (Å²) in [6.45, 7) is 8.97. The molecule has 3 heteroatoms. The Bertz CT molecular complexity index is 256. The summed E-state index contributed by atoms with van der Waals surface area (Å²) in [5.74, 6) is 0.793. The molecular weight excluding hydrogens is 186 g/mol. The van der Waals surface area contributed by atoms with Gasteiger partial charge in [-0.2, -0.15) is 5.10 Å². The third-order valence-corrected chi connectivity index (χ3v) is 2.98. The highest BCUT2D eigenvalue weighted by atomic mass is 15.1. The second-order valence-electron chi connectivity index (χ2n) is 4.55. The molecule has 0 aromatic carbocycles. The van der Waals surface area contributed by atoms with E-state index >= 15 is 0 Å². The van der Waals surface area contributed by atoms with Gasteiger partial charge >= 0.3 is 0 Å². The van der Waals surface area contributed by atoms with E-state index in [9.17, 15) is 0 Å². The number of hydrogen-bond donors (Lipinski definition) is 2. The van der Waals surface area contributed by atoms with Gasteiger partial charge < -0.3 is 5.32 Å². The zero-order valence-electron chi connectivity index (χ0n) is 10.2. The number of aromatic nitrogens is 2. The standard InChI is InChI=1S/C12H23N3/c1-5-9(2)8-10(3)14-11(4)12-6-7-13-15-12/h6-7,9-11,14H,5,8H2,1-4H3,(H,13,15). The van der Waals surface area contributed by atoms with Gasteiger partial charge in [-0.05, 0) is 32.3 Å². The van der Waals surface area contributed by atoms with E-state index in [1.54, 1.807) is 6.20 Å². The molecule has 0 fully saturated rings. The summed E-state index contributed by atoms with van der Waals surface area (Å²) in [7, 11) is 0. The minimum Gasteiger partial charge on any atom is -0.306 e. The fourth-order valence-electron chi connectivity index (χ4n) is 1.86. The van der Waals surface area contributed by atoms with Crippen molar-refractivity contribution in [3.8, 4) is 0 Å². The van der Waals surface area contributed by atoms with Crippen molar-refractivity contribution < 1.29 is 0 Å². The molecule has 1 rings (SSSR count). The number of hydrogen-bond acceptors (Lipinski definition) is 2. The summed E-state index contributed by atoms with van der Waals surface area (Å²) in [5, 5.41) is 10.5. The van der Waals surface area contributed by atoms with Gasteiger partial charge in [-0.1, -0.05) is 20.3 Å². The first-order valence-corrected chi connectivity index (χ1v) is 5.88. The fourth-order valence-corrected chi connectivity index (χ4v) is 1.86. The summed E-state index contributed by atoms with van der Waals surface area (Å²) in [5.41, 5.74) is 1.16. The summed E-state index contributed by atoms with van der Waals surface area (Å²) < 4.78 is 0. The molecule has 0 saturated heterocycles. The smallest absolute Gasteiger partial charge is 0.0518 e. The molecule has 0 amide bonds. The summed E-state index contributed by atoms with van der Waals surface area (Å²) >= 11 is 0. The molecule has 0 saturated carbocycles. The maximum Gasteiger partial charge on any atom is 0.0518 e. The molecule has 0 bridgehead atoms. The van der Waals surface area contributed by atoms with Gasteiger partial charge in [0.1, 0.15) is 0 Å². The predicted octanol–water partition coefficient (Wildman–Crippen LogP) is 2.89. The Balaban J connectivity index is 2.34. The molecule has 1 heterocycles. The van der Waals surface area contributed by atoms with Crippen molar-refractivity contribution in [1.82, 2.24) is 15.5 Å². The Hall–Kier alpha value is -0.830. The van der Waals surface area contributed by atoms with E-state index < -0.39 is 0 Å². The number of aromatic amines is 1. The molecule has 0 radical (unpaired) electrons.